The van der Waals surface area contributed by atoms with Crippen molar-refractivity contribution >= 4 is 29.3 Å². The molecule has 1 N–H and O–H groups in total. The highest BCUT2D eigenvalue weighted by molar-refractivity contribution is 6.47. The van der Waals surface area contributed by atoms with Gasteiger partial charge < -0.3 is 10.2 Å². The molecule has 1 aromatic rings. The highest BCUT2D eigenvalue weighted by Crippen LogP contribution is 2.20. The van der Waals surface area contributed by atoms with Crippen molar-refractivity contribution in [2.24, 2.45) is 4.99 Å². The first-order valence-corrected chi connectivity index (χ1v) is 11.2. The van der Waals surface area contributed by atoms with Crippen LogP contribution in [0.5, 0.6) is 0 Å². The van der Waals surface area contributed by atoms with E-state index in [4.69, 9.17) is 0 Å². The van der Waals surface area contributed by atoms with Gasteiger partial charge in [-0.15, -0.1) is 0 Å². The maximum atomic E-state index is 13.1. The molecular formula is C24H28FN5O4. The number of amides is 3. The Labute approximate surface area is 197 Å². The van der Waals surface area contributed by atoms with Crippen LogP contribution in [0.25, 0.3) is 0 Å². The summed E-state index contributed by atoms with van der Waals surface area (Å²) in [5, 5.41) is 2.56. The van der Waals surface area contributed by atoms with Crippen LogP contribution in [0.3, 0.4) is 0 Å². The molecule has 2 heterocycles. The number of amidine groups is 1. The van der Waals surface area contributed by atoms with Crippen LogP contribution in [-0.4, -0.2) is 76.3 Å². The Bertz CT molecular complexity index is 1060. The number of ketones is 1. The van der Waals surface area contributed by atoms with Crippen LogP contribution in [-0.2, 0) is 25.7 Å². The van der Waals surface area contributed by atoms with E-state index in [0.717, 1.165) is 18.0 Å². The average Bonchev–Trinajstić information content (AvgIpc) is 2.84. The maximum Gasteiger partial charge on any atom is 0.302 e. The molecule has 1 unspecified atom stereocenters. The summed E-state index contributed by atoms with van der Waals surface area (Å²) in [6, 6.07) is 4.00. The summed E-state index contributed by atoms with van der Waals surface area (Å²) in [7, 11) is 0. The quantitative estimate of drug-likeness (QED) is 0.433. The Morgan fingerprint density at radius 2 is 1.76 bits per heavy atom. The molecule has 10 heteroatoms. The van der Waals surface area contributed by atoms with Crippen molar-refractivity contribution in [1.82, 2.24) is 20.0 Å². The van der Waals surface area contributed by atoms with Gasteiger partial charge in [0.1, 0.15) is 11.7 Å². The van der Waals surface area contributed by atoms with Gasteiger partial charge in [-0.3, -0.25) is 29.0 Å². The third kappa shape index (κ3) is 5.45. The molecule has 1 atom stereocenters. The average molecular weight is 470 g/mol. The topological polar surface area (TPSA) is 102 Å². The maximum absolute atomic E-state index is 13.1. The molecule has 0 fully saturated rings. The summed E-state index contributed by atoms with van der Waals surface area (Å²) < 4.78 is 13.1. The minimum atomic E-state index is -1.54. The molecule has 0 aromatic heterocycles. The Morgan fingerprint density at radius 3 is 2.38 bits per heavy atom. The van der Waals surface area contributed by atoms with Crippen LogP contribution >= 0.6 is 0 Å². The summed E-state index contributed by atoms with van der Waals surface area (Å²) in [6.45, 7) is 7.96. The fraction of sp³-hybridized carbons (Fsp3) is 0.375. The monoisotopic (exact) mass is 469 g/mol. The molecule has 0 saturated carbocycles. The summed E-state index contributed by atoms with van der Waals surface area (Å²) in [4.78, 5) is 59.4. The zero-order valence-electron chi connectivity index (χ0n) is 19.5. The van der Waals surface area contributed by atoms with Crippen molar-refractivity contribution in [1.29, 1.82) is 0 Å². The minimum Gasteiger partial charge on any atom is -0.350 e. The number of benzene rings is 1. The number of rotatable bonds is 9. The smallest absolute Gasteiger partial charge is 0.302 e. The van der Waals surface area contributed by atoms with E-state index in [1.165, 1.54) is 36.5 Å². The van der Waals surface area contributed by atoms with Gasteiger partial charge in [0.2, 0.25) is 5.91 Å². The Kier molecular flexibility index (Phi) is 8.06. The highest BCUT2D eigenvalue weighted by Gasteiger charge is 2.40. The number of likely N-dealkylation sites (N-methyl/N-ethyl adjacent to an activating group) is 2. The SMILES string of the molecule is CCN(CC)CC(=O)N(CC)C1=CC2=NC(C(=O)NCc3ccc(F)cc3)C(=O)C(=O)N2C=C1. The van der Waals surface area contributed by atoms with E-state index in [2.05, 4.69) is 10.3 Å². The molecule has 0 aliphatic carbocycles. The molecule has 9 nitrogen and oxygen atoms in total. The second-order valence-corrected chi connectivity index (χ2v) is 7.76. The lowest BCUT2D eigenvalue weighted by atomic mass is 10.1. The molecule has 3 rings (SSSR count). The molecule has 2 aliphatic heterocycles. The third-order valence-corrected chi connectivity index (χ3v) is 5.67. The van der Waals surface area contributed by atoms with Crippen LogP contribution in [0.2, 0.25) is 0 Å². The number of nitrogens with zero attached hydrogens (tertiary/aromatic N) is 4. The lowest BCUT2D eigenvalue weighted by Crippen LogP contribution is -2.52. The van der Waals surface area contributed by atoms with Gasteiger partial charge in [-0.05, 0) is 43.8 Å². The Balaban J connectivity index is 1.79. The van der Waals surface area contributed by atoms with Gasteiger partial charge in [0.25, 0.3) is 11.7 Å². The summed E-state index contributed by atoms with van der Waals surface area (Å²) >= 11 is 0. The molecule has 180 valence electrons. The number of Topliss-reactive ketones (excluding diaryl/α,β-unsaturated/α-hetero) is 1. The first-order valence-electron chi connectivity index (χ1n) is 11.2. The van der Waals surface area contributed by atoms with Crippen LogP contribution in [0.4, 0.5) is 4.39 Å². The van der Waals surface area contributed by atoms with Gasteiger partial charge in [-0.25, -0.2) is 9.38 Å². The number of hydrogen-bond donors (Lipinski definition) is 1. The molecule has 0 bridgehead atoms. The number of nitrogens with one attached hydrogen (secondary N) is 1. The first kappa shape index (κ1) is 25.0. The number of hydrogen-bond acceptors (Lipinski definition) is 6. The van der Waals surface area contributed by atoms with E-state index in [1.807, 2.05) is 25.7 Å². The van der Waals surface area contributed by atoms with Crippen molar-refractivity contribution in [3.63, 3.8) is 0 Å². The molecule has 3 amide bonds. The Hall–Kier alpha value is -3.66. The summed E-state index contributed by atoms with van der Waals surface area (Å²) in [5.41, 5.74) is 1.15. The summed E-state index contributed by atoms with van der Waals surface area (Å²) in [6.07, 6.45) is 4.48. The van der Waals surface area contributed by atoms with Gasteiger partial charge in [0.05, 0.1) is 6.54 Å². The van der Waals surface area contributed by atoms with Crippen LogP contribution in [0, 0.1) is 5.82 Å². The van der Waals surface area contributed by atoms with Crippen molar-refractivity contribution in [3.8, 4) is 0 Å². The van der Waals surface area contributed by atoms with E-state index in [9.17, 15) is 23.6 Å². The van der Waals surface area contributed by atoms with Crippen LogP contribution < -0.4 is 5.32 Å². The molecule has 0 spiro atoms. The largest absolute Gasteiger partial charge is 0.350 e. The molecular weight excluding hydrogens is 441 g/mol. The fourth-order valence-electron chi connectivity index (χ4n) is 3.64. The zero-order chi connectivity index (χ0) is 24.8. The molecule has 1 aromatic carbocycles. The molecule has 34 heavy (non-hydrogen) atoms. The van der Waals surface area contributed by atoms with E-state index in [-0.39, 0.29) is 24.8 Å². The number of carbonyl (C=O) groups is 4. The van der Waals surface area contributed by atoms with Gasteiger partial charge in [0, 0.05) is 31.1 Å². The third-order valence-electron chi connectivity index (χ3n) is 5.67. The molecule has 0 radical (unpaired) electrons. The standard InChI is InChI=1S/C24H28FN5O4/c1-4-28(5-2)15-20(31)29(6-3)18-11-12-30-19(13-18)27-21(22(32)24(30)34)23(33)26-14-16-7-9-17(25)10-8-16/h7-13,21H,4-6,14-15H2,1-3H3,(H,26,33). The molecule has 2 aliphatic rings. The second kappa shape index (κ2) is 11.0. The lowest BCUT2D eigenvalue weighted by Gasteiger charge is -2.31. The predicted molar refractivity (Wildman–Crippen MR) is 124 cm³/mol. The molecule has 0 saturated heterocycles. The van der Waals surface area contributed by atoms with Crippen molar-refractivity contribution < 1.29 is 23.6 Å². The van der Waals surface area contributed by atoms with Crippen molar-refractivity contribution in [2.75, 3.05) is 26.2 Å². The van der Waals surface area contributed by atoms with Crippen molar-refractivity contribution in [3.05, 3.63) is 59.7 Å². The number of halogens is 1. The fourth-order valence-corrected chi connectivity index (χ4v) is 3.64. The normalized spacial score (nSPS) is 17.3. The minimum absolute atomic E-state index is 0.0517. The van der Waals surface area contributed by atoms with E-state index in [1.54, 1.807) is 11.0 Å². The number of fused-ring (bicyclic) bond motifs is 1. The van der Waals surface area contributed by atoms with Gasteiger partial charge in [-0.1, -0.05) is 26.0 Å². The van der Waals surface area contributed by atoms with Crippen molar-refractivity contribution in [2.45, 2.75) is 33.4 Å². The number of aliphatic imine (C=N–C) groups is 1. The van der Waals surface area contributed by atoms with E-state index >= 15 is 0 Å². The summed E-state index contributed by atoms with van der Waals surface area (Å²) in [5.74, 6) is -2.97. The zero-order valence-corrected chi connectivity index (χ0v) is 19.5. The first-order chi connectivity index (χ1) is 16.3. The highest BCUT2D eigenvalue weighted by atomic mass is 19.1. The number of carbonyl (C=O) groups excluding carboxylic acids is 4. The number of allylic oxidation sites excluding steroid dienone is 1. The second-order valence-electron chi connectivity index (χ2n) is 7.76. The lowest BCUT2D eigenvalue weighted by molar-refractivity contribution is -0.144. The van der Waals surface area contributed by atoms with Gasteiger partial charge in [0.15, 0.2) is 6.04 Å². The van der Waals surface area contributed by atoms with Gasteiger partial charge in [-0.2, -0.15) is 0 Å². The predicted octanol–water partition coefficient (Wildman–Crippen LogP) is 1.22. The van der Waals surface area contributed by atoms with Crippen LogP contribution in [0.1, 0.15) is 26.3 Å². The van der Waals surface area contributed by atoms with E-state index < -0.39 is 29.5 Å². The van der Waals surface area contributed by atoms with Gasteiger partial charge >= 0.3 is 5.91 Å². The van der Waals surface area contributed by atoms with Crippen LogP contribution in [0.15, 0.2) is 53.3 Å². The Morgan fingerprint density at radius 1 is 1.09 bits per heavy atom. The van der Waals surface area contributed by atoms with E-state index in [0.29, 0.717) is 17.8 Å².